The van der Waals surface area contributed by atoms with Crippen molar-refractivity contribution < 1.29 is 0 Å². The summed E-state index contributed by atoms with van der Waals surface area (Å²) in [6.07, 6.45) is 3.64. The molecule has 0 aliphatic carbocycles. The molecule has 0 spiro atoms. The lowest BCUT2D eigenvalue weighted by atomic mass is 10.1. The predicted molar refractivity (Wildman–Crippen MR) is 76.7 cm³/mol. The van der Waals surface area contributed by atoms with Crippen LogP contribution in [-0.2, 0) is 6.54 Å². The highest BCUT2D eigenvalue weighted by molar-refractivity contribution is 7.15. The third kappa shape index (κ3) is 3.37. The van der Waals surface area contributed by atoms with Crippen LogP contribution in [0.2, 0.25) is 0 Å². The van der Waals surface area contributed by atoms with Gasteiger partial charge < -0.3 is 5.32 Å². The van der Waals surface area contributed by atoms with Crippen molar-refractivity contribution in [3.05, 3.63) is 35.1 Å². The summed E-state index contributed by atoms with van der Waals surface area (Å²) >= 11 is 1.74. The minimum atomic E-state index is 0.130. The molecule has 2 rings (SSSR count). The molecule has 96 valence electrons. The van der Waals surface area contributed by atoms with E-state index in [1.165, 1.54) is 4.88 Å². The van der Waals surface area contributed by atoms with E-state index in [1.54, 1.807) is 17.5 Å². The summed E-state index contributed by atoms with van der Waals surface area (Å²) in [5.74, 6) is 0. The van der Waals surface area contributed by atoms with Gasteiger partial charge in [-0.25, -0.2) is 4.98 Å². The second kappa shape index (κ2) is 5.16. The van der Waals surface area contributed by atoms with Crippen LogP contribution in [0.15, 0.2) is 24.5 Å². The first-order chi connectivity index (χ1) is 8.46. The van der Waals surface area contributed by atoms with Crippen molar-refractivity contribution in [1.82, 2.24) is 15.3 Å². The van der Waals surface area contributed by atoms with Crippen molar-refractivity contribution in [3.63, 3.8) is 0 Å². The van der Waals surface area contributed by atoms with Gasteiger partial charge in [0.15, 0.2) is 0 Å². The Morgan fingerprint density at radius 1 is 1.33 bits per heavy atom. The summed E-state index contributed by atoms with van der Waals surface area (Å²) < 4.78 is 0. The molecule has 3 nitrogen and oxygen atoms in total. The fourth-order valence-corrected chi connectivity index (χ4v) is 2.54. The predicted octanol–water partition coefficient (Wildman–Crippen LogP) is 3.40. The molecule has 1 N–H and O–H groups in total. The Morgan fingerprint density at radius 3 is 2.72 bits per heavy atom. The van der Waals surface area contributed by atoms with Gasteiger partial charge in [0.1, 0.15) is 5.01 Å². The summed E-state index contributed by atoms with van der Waals surface area (Å²) in [5, 5.41) is 4.55. The Kier molecular flexibility index (Phi) is 3.78. The molecule has 0 radical (unpaired) electrons. The number of nitrogens with zero attached hydrogens (tertiary/aromatic N) is 2. The lowest BCUT2D eigenvalue weighted by Gasteiger charge is -2.19. The topological polar surface area (TPSA) is 37.8 Å². The maximum absolute atomic E-state index is 4.62. The molecule has 2 aromatic heterocycles. The Bertz CT molecular complexity index is 512. The highest BCUT2D eigenvalue weighted by Gasteiger charge is 2.13. The quantitative estimate of drug-likeness (QED) is 0.920. The molecule has 0 aliphatic rings. The summed E-state index contributed by atoms with van der Waals surface area (Å²) in [6, 6.07) is 3.99. The number of hydrogen-bond acceptors (Lipinski definition) is 4. The van der Waals surface area contributed by atoms with Crippen LogP contribution in [0.3, 0.4) is 0 Å². The number of rotatable bonds is 3. The van der Waals surface area contributed by atoms with Crippen molar-refractivity contribution in [1.29, 1.82) is 0 Å². The zero-order chi connectivity index (χ0) is 13.2. The molecule has 0 aromatic carbocycles. The number of aromatic nitrogens is 2. The van der Waals surface area contributed by atoms with Crippen molar-refractivity contribution >= 4 is 11.3 Å². The third-order valence-corrected chi connectivity index (χ3v) is 3.79. The molecule has 0 unspecified atom stereocenters. The minimum Gasteiger partial charge on any atom is -0.307 e. The molecule has 0 fully saturated rings. The number of thiazole rings is 1. The SMILES string of the molecule is Cc1nc(-c2cccnc2)sc1CNC(C)(C)C. The van der Waals surface area contributed by atoms with E-state index in [0.717, 1.165) is 22.8 Å². The Labute approximate surface area is 112 Å². The second-order valence-corrected chi connectivity index (χ2v) is 6.46. The number of nitrogens with one attached hydrogen (secondary N) is 1. The van der Waals surface area contributed by atoms with Crippen LogP contribution in [-0.4, -0.2) is 15.5 Å². The summed E-state index contributed by atoms with van der Waals surface area (Å²) in [7, 11) is 0. The average molecular weight is 261 g/mol. The van der Waals surface area contributed by atoms with E-state index in [0.29, 0.717) is 0 Å². The maximum atomic E-state index is 4.62. The average Bonchev–Trinajstić information content (AvgIpc) is 2.68. The molecule has 4 heteroatoms. The fourth-order valence-electron chi connectivity index (χ4n) is 1.55. The van der Waals surface area contributed by atoms with Gasteiger partial charge in [0.2, 0.25) is 0 Å². The third-order valence-electron chi connectivity index (χ3n) is 2.58. The highest BCUT2D eigenvalue weighted by atomic mass is 32.1. The first kappa shape index (κ1) is 13.2. The molecule has 0 aliphatic heterocycles. The van der Waals surface area contributed by atoms with E-state index >= 15 is 0 Å². The number of aryl methyl sites for hydroxylation is 1. The van der Waals surface area contributed by atoms with E-state index in [2.05, 4.69) is 43.0 Å². The lowest BCUT2D eigenvalue weighted by Crippen LogP contribution is -2.34. The van der Waals surface area contributed by atoms with Crippen LogP contribution < -0.4 is 5.32 Å². The molecular weight excluding hydrogens is 242 g/mol. The molecule has 0 amide bonds. The Hall–Kier alpha value is -1.26. The number of hydrogen-bond donors (Lipinski definition) is 1. The summed E-state index contributed by atoms with van der Waals surface area (Å²) in [6.45, 7) is 9.45. The molecule has 0 saturated carbocycles. The largest absolute Gasteiger partial charge is 0.307 e. The van der Waals surface area contributed by atoms with Crippen molar-refractivity contribution in [2.24, 2.45) is 0 Å². The van der Waals surface area contributed by atoms with E-state index < -0.39 is 0 Å². The monoisotopic (exact) mass is 261 g/mol. The van der Waals surface area contributed by atoms with Crippen molar-refractivity contribution in [2.75, 3.05) is 0 Å². The minimum absolute atomic E-state index is 0.130. The zero-order valence-electron chi connectivity index (χ0n) is 11.3. The van der Waals surface area contributed by atoms with Crippen LogP contribution in [0.1, 0.15) is 31.3 Å². The Morgan fingerprint density at radius 2 is 2.11 bits per heavy atom. The van der Waals surface area contributed by atoms with Crippen LogP contribution >= 0.6 is 11.3 Å². The van der Waals surface area contributed by atoms with E-state index in [4.69, 9.17) is 0 Å². The van der Waals surface area contributed by atoms with Gasteiger partial charge in [-0.05, 0) is 39.8 Å². The first-order valence-electron chi connectivity index (χ1n) is 6.07. The normalized spacial score (nSPS) is 11.8. The second-order valence-electron chi connectivity index (χ2n) is 5.37. The molecule has 0 atom stereocenters. The van der Waals surface area contributed by atoms with Crippen LogP contribution in [0.4, 0.5) is 0 Å². The van der Waals surface area contributed by atoms with Gasteiger partial charge in [-0.3, -0.25) is 4.98 Å². The van der Waals surface area contributed by atoms with E-state index in [-0.39, 0.29) is 5.54 Å². The van der Waals surface area contributed by atoms with Gasteiger partial charge in [0.05, 0.1) is 5.69 Å². The number of pyridine rings is 1. The highest BCUT2D eigenvalue weighted by Crippen LogP contribution is 2.27. The molecule has 0 bridgehead atoms. The Balaban J connectivity index is 2.17. The summed E-state index contributed by atoms with van der Waals surface area (Å²) in [5.41, 5.74) is 2.33. The fraction of sp³-hybridized carbons (Fsp3) is 0.429. The van der Waals surface area contributed by atoms with Gasteiger partial charge in [-0.2, -0.15) is 0 Å². The molecule has 0 saturated heterocycles. The molecule has 2 heterocycles. The van der Waals surface area contributed by atoms with Crippen LogP contribution in [0, 0.1) is 6.92 Å². The van der Waals surface area contributed by atoms with Gasteiger partial charge in [-0.1, -0.05) is 0 Å². The van der Waals surface area contributed by atoms with Gasteiger partial charge in [0.25, 0.3) is 0 Å². The van der Waals surface area contributed by atoms with Gasteiger partial charge >= 0.3 is 0 Å². The lowest BCUT2D eigenvalue weighted by molar-refractivity contribution is 0.425. The molecular formula is C14H19N3S. The maximum Gasteiger partial charge on any atom is 0.125 e. The van der Waals surface area contributed by atoms with Crippen molar-refractivity contribution in [3.8, 4) is 10.6 Å². The first-order valence-corrected chi connectivity index (χ1v) is 6.89. The smallest absolute Gasteiger partial charge is 0.125 e. The molecule has 2 aromatic rings. The van der Waals surface area contributed by atoms with Crippen molar-refractivity contribution in [2.45, 2.75) is 39.8 Å². The zero-order valence-corrected chi connectivity index (χ0v) is 12.1. The van der Waals surface area contributed by atoms with Gasteiger partial charge in [0, 0.05) is 34.9 Å². The van der Waals surface area contributed by atoms with E-state index in [9.17, 15) is 0 Å². The standard InChI is InChI=1S/C14H19N3S/c1-10-12(9-16-14(2,3)4)18-13(17-10)11-6-5-7-15-8-11/h5-8,16H,9H2,1-4H3. The molecule has 18 heavy (non-hydrogen) atoms. The van der Waals surface area contributed by atoms with Crippen LogP contribution in [0.25, 0.3) is 10.6 Å². The van der Waals surface area contributed by atoms with Gasteiger partial charge in [-0.15, -0.1) is 11.3 Å². The van der Waals surface area contributed by atoms with Crippen LogP contribution in [0.5, 0.6) is 0 Å². The van der Waals surface area contributed by atoms with E-state index in [1.807, 2.05) is 18.3 Å². The summed E-state index contributed by atoms with van der Waals surface area (Å²) in [4.78, 5) is 10.1.